The molecule has 1 heterocycles. The molecule has 6 nitrogen and oxygen atoms in total. The molecule has 124 valence electrons. The molecule has 0 spiro atoms. The molecule has 0 bridgehead atoms. The van der Waals surface area contributed by atoms with Crippen molar-refractivity contribution in [2.75, 3.05) is 26.2 Å². The van der Waals surface area contributed by atoms with Gasteiger partial charge >= 0.3 is 5.69 Å². The zero-order valence-electron chi connectivity index (χ0n) is 13.0. The van der Waals surface area contributed by atoms with Gasteiger partial charge in [-0.2, -0.15) is 0 Å². The zero-order valence-corrected chi connectivity index (χ0v) is 13.8. The molecule has 0 amide bonds. The minimum atomic E-state index is -0.418. The van der Waals surface area contributed by atoms with Crippen LogP contribution < -0.4 is 10.5 Å². The second kappa shape index (κ2) is 7.76. The minimum absolute atomic E-state index is 0. The fourth-order valence-electron chi connectivity index (χ4n) is 2.69. The lowest BCUT2D eigenvalue weighted by Crippen LogP contribution is -2.53. The highest BCUT2D eigenvalue weighted by atomic mass is 35.5. The summed E-state index contributed by atoms with van der Waals surface area (Å²) in [6.45, 7) is 7.41. The van der Waals surface area contributed by atoms with E-state index in [4.69, 9.17) is 10.5 Å². The van der Waals surface area contributed by atoms with Crippen LogP contribution in [0.15, 0.2) is 24.3 Å². The van der Waals surface area contributed by atoms with Crippen molar-refractivity contribution in [1.29, 1.82) is 0 Å². The van der Waals surface area contributed by atoms with Crippen molar-refractivity contribution in [2.24, 2.45) is 11.1 Å². The van der Waals surface area contributed by atoms with Gasteiger partial charge in [-0.3, -0.25) is 15.0 Å². The highest BCUT2D eigenvalue weighted by Crippen LogP contribution is 2.28. The summed E-state index contributed by atoms with van der Waals surface area (Å²) in [4.78, 5) is 12.8. The first-order valence-electron chi connectivity index (χ1n) is 7.24. The van der Waals surface area contributed by atoms with Gasteiger partial charge < -0.3 is 10.5 Å². The standard InChI is InChI=1S/C15H23N3O3.ClH/c1-15(2)11-17(8-7-14(15)16)9-10-21-13-6-4-3-5-12(13)18(19)20;/h3-6,14H,7-11,16H2,1-2H3;1H. The predicted molar refractivity (Wildman–Crippen MR) is 88.7 cm³/mol. The average Bonchev–Trinajstić information content (AvgIpc) is 2.43. The van der Waals surface area contributed by atoms with Crippen LogP contribution in [-0.4, -0.2) is 42.1 Å². The van der Waals surface area contributed by atoms with Gasteiger partial charge in [-0.15, -0.1) is 12.4 Å². The number of nitro benzene ring substituents is 1. The number of hydrogen-bond acceptors (Lipinski definition) is 5. The fraction of sp³-hybridized carbons (Fsp3) is 0.600. The van der Waals surface area contributed by atoms with E-state index < -0.39 is 4.92 Å². The smallest absolute Gasteiger partial charge is 0.310 e. The third-order valence-corrected chi connectivity index (χ3v) is 4.12. The van der Waals surface area contributed by atoms with Crippen LogP contribution >= 0.6 is 12.4 Å². The van der Waals surface area contributed by atoms with E-state index >= 15 is 0 Å². The van der Waals surface area contributed by atoms with Crippen LogP contribution in [0.3, 0.4) is 0 Å². The second-order valence-electron chi connectivity index (χ2n) is 6.23. The maximum atomic E-state index is 10.9. The molecule has 1 unspecified atom stereocenters. The maximum Gasteiger partial charge on any atom is 0.310 e. The lowest BCUT2D eigenvalue weighted by Gasteiger charge is -2.42. The Bertz CT molecular complexity index is 511. The van der Waals surface area contributed by atoms with Crippen LogP contribution in [0.5, 0.6) is 5.75 Å². The van der Waals surface area contributed by atoms with Gasteiger partial charge in [-0.1, -0.05) is 26.0 Å². The van der Waals surface area contributed by atoms with Gasteiger partial charge in [0.1, 0.15) is 6.61 Å². The van der Waals surface area contributed by atoms with E-state index in [-0.39, 0.29) is 29.6 Å². The third-order valence-electron chi connectivity index (χ3n) is 4.12. The average molecular weight is 330 g/mol. The number of nitro groups is 1. The minimum Gasteiger partial charge on any atom is -0.485 e. The zero-order chi connectivity index (χ0) is 15.5. The number of para-hydroxylation sites is 2. The van der Waals surface area contributed by atoms with Gasteiger partial charge in [-0.05, 0) is 24.4 Å². The number of rotatable bonds is 5. The van der Waals surface area contributed by atoms with Gasteiger partial charge in [0.05, 0.1) is 4.92 Å². The summed E-state index contributed by atoms with van der Waals surface area (Å²) in [7, 11) is 0. The summed E-state index contributed by atoms with van der Waals surface area (Å²) in [6, 6.07) is 6.70. The molecule has 1 aliphatic heterocycles. The number of ether oxygens (including phenoxy) is 1. The molecule has 1 saturated heterocycles. The Balaban J connectivity index is 0.00000242. The summed E-state index contributed by atoms with van der Waals surface area (Å²) in [6.07, 6.45) is 0.971. The van der Waals surface area contributed by atoms with Crippen LogP contribution in [0.1, 0.15) is 20.3 Å². The van der Waals surface area contributed by atoms with Crippen molar-refractivity contribution in [2.45, 2.75) is 26.3 Å². The van der Waals surface area contributed by atoms with Crippen LogP contribution in [0.2, 0.25) is 0 Å². The van der Waals surface area contributed by atoms with Gasteiger partial charge in [0.2, 0.25) is 0 Å². The first-order chi connectivity index (χ1) is 9.90. The highest BCUT2D eigenvalue weighted by Gasteiger charge is 2.33. The molecular formula is C15H24ClN3O3. The summed E-state index contributed by atoms with van der Waals surface area (Å²) in [5.74, 6) is 0.329. The first-order valence-corrected chi connectivity index (χ1v) is 7.24. The quantitative estimate of drug-likeness (QED) is 0.663. The highest BCUT2D eigenvalue weighted by molar-refractivity contribution is 5.85. The number of likely N-dealkylation sites (tertiary alicyclic amines) is 1. The molecule has 0 saturated carbocycles. The summed E-state index contributed by atoms with van der Waals surface area (Å²) >= 11 is 0. The van der Waals surface area contributed by atoms with Gasteiger partial charge in [0.15, 0.2) is 5.75 Å². The van der Waals surface area contributed by atoms with Crippen molar-refractivity contribution in [3.63, 3.8) is 0 Å². The predicted octanol–water partition coefficient (Wildman–Crippen LogP) is 2.45. The van der Waals surface area contributed by atoms with E-state index in [2.05, 4.69) is 18.7 Å². The van der Waals surface area contributed by atoms with Gasteiger partial charge in [0, 0.05) is 25.2 Å². The van der Waals surface area contributed by atoms with E-state index in [1.54, 1.807) is 18.2 Å². The largest absolute Gasteiger partial charge is 0.485 e. The Morgan fingerprint density at radius 1 is 1.45 bits per heavy atom. The molecule has 0 aromatic heterocycles. The third kappa shape index (κ3) is 4.56. The van der Waals surface area contributed by atoms with E-state index in [1.807, 2.05) is 0 Å². The molecule has 2 N–H and O–H groups in total. The first kappa shape index (κ1) is 18.7. The van der Waals surface area contributed by atoms with E-state index in [9.17, 15) is 10.1 Å². The molecule has 1 aromatic rings. The van der Waals surface area contributed by atoms with E-state index in [1.165, 1.54) is 6.07 Å². The molecule has 0 radical (unpaired) electrons. The molecule has 0 aliphatic carbocycles. The Morgan fingerprint density at radius 2 is 2.14 bits per heavy atom. The Labute approximate surface area is 137 Å². The summed E-state index contributed by atoms with van der Waals surface area (Å²) < 4.78 is 5.58. The number of nitrogens with zero attached hydrogens (tertiary/aromatic N) is 2. The Morgan fingerprint density at radius 3 is 2.77 bits per heavy atom. The van der Waals surface area contributed by atoms with Crippen molar-refractivity contribution in [3.8, 4) is 5.75 Å². The van der Waals surface area contributed by atoms with Crippen LogP contribution in [0.4, 0.5) is 5.69 Å². The fourth-order valence-corrected chi connectivity index (χ4v) is 2.69. The summed E-state index contributed by atoms with van der Waals surface area (Å²) in [5, 5.41) is 10.9. The molecule has 1 atom stereocenters. The van der Waals surface area contributed by atoms with Crippen molar-refractivity contribution in [3.05, 3.63) is 34.4 Å². The molecule has 1 fully saturated rings. The van der Waals surface area contributed by atoms with Gasteiger partial charge in [-0.25, -0.2) is 0 Å². The lowest BCUT2D eigenvalue weighted by atomic mass is 9.80. The number of halogens is 1. The number of nitrogens with two attached hydrogens (primary N) is 1. The normalized spacial score (nSPS) is 21.0. The summed E-state index contributed by atoms with van der Waals surface area (Å²) in [5.41, 5.74) is 6.22. The number of piperidine rings is 1. The lowest BCUT2D eigenvalue weighted by molar-refractivity contribution is -0.385. The van der Waals surface area contributed by atoms with E-state index in [0.29, 0.717) is 12.4 Å². The van der Waals surface area contributed by atoms with Gasteiger partial charge in [0.25, 0.3) is 0 Å². The molecule has 7 heteroatoms. The monoisotopic (exact) mass is 329 g/mol. The molecular weight excluding hydrogens is 306 g/mol. The van der Waals surface area contributed by atoms with E-state index in [0.717, 1.165) is 26.1 Å². The van der Waals surface area contributed by atoms with Crippen molar-refractivity contribution < 1.29 is 9.66 Å². The second-order valence-corrected chi connectivity index (χ2v) is 6.23. The SMILES string of the molecule is CC1(C)CN(CCOc2ccccc2[N+](=O)[O-])CCC1N.Cl. The number of hydrogen-bond donors (Lipinski definition) is 1. The Hall–Kier alpha value is -1.37. The maximum absolute atomic E-state index is 10.9. The topological polar surface area (TPSA) is 81.6 Å². The van der Waals surface area contributed by atoms with Crippen molar-refractivity contribution >= 4 is 18.1 Å². The molecule has 22 heavy (non-hydrogen) atoms. The molecule has 2 rings (SSSR count). The van der Waals surface area contributed by atoms with Crippen LogP contribution in [0, 0.1) is 15.5 Å². The number of benzene rings is 1. The van der Waals surface area contributed by atoms with Crippen LogP contribution in [0.25, 0.3) is 0 Å². The molecule has 1 aliphatic rings. The van der Waals surface area contributed by atoms with Crippen LogP contribution in [-0.2, 0) is 0 Å². The molecule has 1 aromatic carbocycles. The van der Waals surface area contributed by atoms with Crippen molar-refractivity contribution in [1.82, 2.24) is 4.90 Å². The Kier molecular flexibility index (Phi) is 6.59.